The molecule has 0 unspecified atom stereocenters. The van der Waals surface area contributed by atoms with Crippen molar-refractivity contribution in [1.29, 1.82) is 0 Å². The van der Waals surface area contributed by atoms with Crippen LogP contribution in [0.1, 0.15) is 15.9 Å². The molecule has 0 saturated heterocycles. The number of aryl methyl sites for hydroxylation is 1. The third-order valence-corrected chi connectivity index (χ3v) is 2.70. The lowest BCUT2D eigenvalue weighted by Crippen LogP contribution is -2.14. The fourth-order valence-electron chi connectivity index (χ4n) is 1.72. The molecule has 1 N–H and O–H groups in total. The molecule has 0 spiro atoms. The summed E-state index contributed by atoms with van der Waals surface area (Å²) in [6, 6.07) is 4.21. The number of hydrogen-bond acceptors (Lipinski definition) is 2. The highest BCUT2D eigenvalue weighted by Crippen LogP contribution is 2.30. The van der Waals surface area contributed by atoms with Crippen molar-refractivity contribution >= 4 is 6.29 Å². The Morgan fingerprint density at radius 3 is 2.26 bits per heavy atom. The maximum absolute atomic E-state index is 12.4. The minimum atomic E-state index is -4.42. The smallest absolute Gasteiger partial charge is 0.298 e. The van der Waals surface area contributed by atoms with Crippen molar-refractivity contribution in [3.63, 3.8) is 0 Å². The SMILES string of the molecule is Cn1[nH]c(-c2ccc(C(F)(F)F)cc2)c(C=O)c1=O. The van der Waals surface area contributed by atoms with E-state index >= 15 is 0 Å². The minimum absolute atomic E-state index is 0.109. The molecule has 0 atom stereocenters. The van der Waals surface area contributed by atoms with E-state index in [1.807, 2.05) is 0 Å². The second kappa shape index (κ2) is 4.42. The number of aldehydes is 1. The molecule has 0 saturated carbocycles. The van der Waals surface area contributed by atoms with Gasteiger partial charge in [0.1, 0.15) is 5.56 Å². The number of halogens is 3. The maximum atomic E-state index is 12.4. The lowest BCUT2D eigenvalue weighted by Gasteiger charge is -2.07. The van der Waals surface area contributed by atoms with Crippen molar-refractivity contribution in [1.82, 2.24) is 9.78 Å². The molecule has 7 heteroatoms. The summed E-state index contributed by atoms with van der Waals surface area (Å²) in [6.07, 6.45) is -4.04. The highest BCUT2D eigenvalue weighted by atomic mass is 19.4. The zero-order valence-corrected chi connectivity index (χ0v) is 9.78. The Morgan fingerprint density at radius 1 is 1.21 bits per heavy atom. The third kappa shape index (κ3) is 2.31. The molecule has 2 aromatic rings. The molecule has 0 fully saturated rings. The topological polar surface area (TPSA) is 54.9 Å². The first-order valence-electron chi connectivity index (χ1n) is 5.26. The molecular weight excluding hydrogens is 261 g/mol. The number of benzene rings is 1. The monoisotopic (exact) mass is 270 g/mol. The molecule has 0 radical (unpaired) electrons. The number of nitrogens with zero attached hydrogens (tertiary/aromatic N) is 1. The highest BCUT2D eigenvalue weighted by Gasteiger charge is 2.30. The number of rotatable bonds is 2. The Labute approximate surface area is 105 Å². The summed E-state index contributed by atoms with van der Waals surface area (Å²) < 4.78 is 38.3. The van der Waals surface area contributed by atoms with Gasteiger partial charge in [-0.3, -0.25) is 19.4 Å². The van der Waals surface area contributed by atoms with Crippen molar-refractivity contribution in [3.8, 4) is 11.3 Å². The van der Waals surface area contributed by atoms with Crippen molar-refractivity contribution in [2.75, 3.05) is 0 Å². The average molecular weight is 270 g/mol. The lowest BCUT2D eigenvalue weighted by atomic mass is 10.1. The van der Waals surface area contributed by atoms with E-state index < -0.39 is 17.3 Å². The number of H-pyrrole nitrogens is 1. The number of aromatic nitrogens is 2. The van der Waals surface area contributed by atoms with Gasteiger partial charge < -0.3 is 0 Å². The predicted molar refractivity (Wildman–Crippen MR) is 61.9 cm³/mol. The highest BCUT2D eigenvalue weighted by molar-refractivity contribution is 5.85. The van der Waals surface area contributed by atoms with Gasteiger partial charge in [-0.25, -0.2) is 0 Å². The Bertz CT molecular complexity index is 666. The van der Waals surface area contributed by atoms with E-state index in [0.717, 1.165) is 16.8 Å². The quantitative estimate of drug-likeness (QED) is 0.851. The van der Waals surface area contributed by atoms with Gasteiger partial charge in [0, 0.05) is 12.6 Å². The summed E-state index contributed by atoms with van der Waals surface area (Å²) >= 11 is 0. The zero-order valence-electron chi connectivity index (χ0n) is 9.78. The Kier molecular flexibility index (Phi) is 3.05. The molecule has 0 aliphatic carbocycles. The number of nitrogens with one attached hydrogen (secondary N) is 1. The van der Waals surface area contributed by atoms with Crippen LogP contribution in [-0.2, 0) is 13.2 Å². The molecule has 19 heavy (non-hydrogen) atoms. The van der Waals surface area contributed by atoms with Gasteiger partial charge in [-0.2, -0.15) is 13.2 Å². The number of hydrogen-bond donors (Lipinski definition) is 1. The van der Waals surface area contributed by atoms with Crippen LogP contribution in [0.5, 0.6) is 0 Å². The minimum Gasteiger partial charge on any atom is -0.298 e. The van der Waals surface area contributed by atoms with Gasteiger partial charge in [-0.05, 0) is 12.1 Å². The number of carbonyl (C=O) groups excluding carboxylic acids is 1. The first-order valence-corrected chi connectivity index (χ1v) is 5.26. The largest absolute Gasteiger partial charge is 0.416 e. The van der Waals surface area contributed by atoms with Crippen LogP contribution < -0.4 is 5.56 Å². The molecule has 0 bridgehead atoms. The van der Waals surface area contributed by atoms with E-state index in [1.54, 1.807) is 0 Å². The molecule has 0 amide bonds. The van der Waals surface area contributed by atoms with Gasteiger partial charge in [0.2, 0.25) is 0 Å². The van der Waals surface area contributed by atoms with E-state index in [4.69, 9.17) is 0 Å². The number of carbonyl (C=O) groups is 1. The summed E-state index contributed by atoms with van der Waals surface area (Å²) in [7, 11) is 1.42. The van der Waals surface area contributed by atoms with E-state index in [9.17, 15) is 22.8 Å². The second-order valence-corrected chi connectivity index (χ2v) is 3.96. The molecule has 0 aliphatic rings. The molecule has 100 valence electrons. The molecule has 2 rings (SSSR count). The van der Waals surface area contributed by atoms with Crippen molar-refractivity contribution in [2.45, 2.75) is 6.18 Å². The average Bonchev–Trinajstić information content (AvgIpc) is 2.64. The zero-order chi connectivity index (χ0) is 14.2. The van der Waals surface area contributed by atoms with E-state index in [2.05, 4.69) is 5.10 Å². The van der Waals surface area contributed by atoms with Crippen molar-refractivity contribution < 1.29 is 18.0 Å². The third-order valence-electron chi connectivity index (χ3n) is 2.70. The van der Waals surface area contributed by atoms with Crippen molar-refractivity contribution in [2.24, 2.45) is 7.05 Å². The Balaban J connectivity index is 2.52. The summed E-state index contributed by atoms with van der Waals surface area (Å²) in [6.45, 7) is 0. The van der Waals surface area contributed by atoms with E-state index in [1.165, 1.54) is 19.2 Å². The summed E-state index contributed by atoms with van der Waals surface area (Å²) in [5.41, 5.74) is -0.877. The fourth-order valence-corrected chi connectivity index (χ4v) is 1.72. The fraction of sp³-hybridized carbons (Fsp3) is 0.167. The molecule has 1 aromatic carbocycles. The molecule has 1 heterocycles. The molecule has 4 nitrogen and oxygen atoms in total. The summed E-state index contributed by atoms with van der Waals surface area (Å²) in [5.74, 6) is 0. The summed E-state index contributed by atoms with van der Waals surface area (Å²) in [4.78, 5) is 22.4. The van der Waals surface area contributed by atoms with Crippen LogP contribution in [0.2, 0.25) is 0 Å². The van der Waals surface area contributed by atoms with Crippen LogP contribution >= 0.6 is 0 Å². The Morgan fingerprint density at radius 2 is 1.79 bits per heavy atom. The molecule has 0 aliphatic heterocycles. The first-order chi connectivity index (χ1) is 8.84. The van der Waals surface area contributed by atoms with Crippen LogP contribution in [0.4, 0.5) is 13.2 Å². The van der Waals surface area contributed by atoms with Crippen molar-refractivity contribution in [3.05, 3.63) is 45.7 Å². The lowest BCUT2D eigenvalue weighted by molar-refractivity contribution is -0.137. The van der Waals surface area contributed by atoms with Gasteiger partial charge in [-0.15, -0.1) is 0 Å². The number of aromatic amines is 1. The van der Waals surface area contributed by atoms with Crippen LogP contribution in [0.25, 0.3) is 11.3 Å². The van der Waals surface area contributed by atoms with E-state index in [0.29, 0.717) is 11.8 Å². The standard InChI is InChI=1S/C12H9F3N2O2/c1-17-11(19)9(6-18)10(16-17)7-2-4-8(5-3-7)12(13,14)15/h2-6,16H,1H3. The van der Waals surface area contributed by atoms with Crippen LogP contribution in [0.15, 0.2) is 29.1 Å². The normalized spacial score (nSPS) is 11.6. The van der Waals surface area contributed by atoms with Gasteiger partial charge in [-0.1, -0.05) is 12.1 Å². The van der Waals surface area contributed by atoms with Crippen LogP contribution in [-0.4, -0.2) is 16.1 Å². The Hall–Kier alpha value is -2.31. The summed E-state index contributed by atoms with van der Waals surface area (Å²) in [5, 5.41) is 2.63. The second-order valence-electron chi connectivity index (χ2n) is 3.96. The van der Waals surface area contributed by atoms with Crippen LogP contribution in [0, 0.1) is 0 Å². The maximum Gasteiger partial charge on any atom is 0.416 e. The predicted octanol–water partition coefficient (Wildman–Crippen LogP) is 2.21. The van der Waals surface area contributed by atoms with Crippen LogP contribution in [0.3, 0.4) is 0 Å². The number of alkyl halides is 3. The van der Waals surface area contributed by atoms with Gasteiger partial charge >= 0.3 is 6.18 Å². The molecule has 1 aromatic heterocycles. The van der Waals surface area contributed by atoms with Gasteiger partial charge in [0.15, 0.2) is 6.29 Å². The van der Waals surface area contributed by atoms with Gasteiger partial charge in [0.25, 0.3) is 5.56 Å². The van der Waals surface area contributed by atoms with E-state index in [-0.39, 0.29) is 11.3 Å². The molecular formula is C12H9F3N2O2. The first kappa shape index (κ1) is 13.1. The van der Waals surface area contributed by atoms with Gasteiger partial charge in [0.05, 0.1) is 11.3 Å².